The van der Waals surface area contributed by atoms with E-state index in [1.54, 1.807) is 13.0 Å². The highest BCUT2D eigenvalue weighted by atomic mass is 16.5. The fraction of sp³-hybridized carbons (Fsp3) is 0.471. The molecule has 4 rings (SSSR count). The molecule has 0 aromatic carbocycles. The molecule has 4 heterocycles. The molecule has 1 aliphatic heterocycles. The topological polar surface area (TPSA) is 92.7 Å². The highest BCUT2D eigenvalue weighted by Gasteiger charge is 2.29. The summed E-state index contributed by atoms with van der Waals surface area (Å²) in [6, 6.07) is 5.52. The Morgan fingerprint density at radius 1 is 1.23 bits per heavy atom. The van der Waals surface area contributed by atoms with E-state index in [4.69, 9.17) is 4.52 Å². The highest BCUT2D eigenvalue weighted by Crippen LogP contribution is 2.28. The summed E-state index contributed by atoms with van der Waals surface area (Å²) in [4.78, 5) is 16.3. The largest absolute Gasteiger partial charge is 0.361 e. The van der Waals surface area contributed by atoms with Crippen molar-refractivity contribution in [3.63, 3.8) is 0 Å². The molecule has 26 heavy (non-hydrogen) atoms. The van der Waals surface area contributed by atoms with Gasteiger partial charge in [0.05, 0.1) is 0 Å². The van der Waals surface area contributed by atoms with E-state index in [0.29, 0.717) is 24.5 Å². The van der Waals surface area contributed by atoms with Crippen LogP contribution in [-0.4, -0.2) is 63.0 Å². The third-order valence-electron chi connectivity index (χ3n) is 4.73. The van der Waals surface area contributed by atoms with Crippen LogP contribution >= 0.6 is 0 Å². The van der Waals surface area contributed by atoms with Gasteiger partial charge in [0.2, 0.25) is 0 Å². The fourth-order valence-corrected chi connectivity index (χ4v) is 3.26. The summed E-state index contributed by atoms with van der Waals surface area (Å²) >= 11 is 0. The molecule has 1 amide bonds. The van der Waals surface area contributed by atoms with E-state index in [-0.39, 0.29) is 11.8 Å². The molecule has 9 heteroatoms. The van der Waals surface area contributed by atoms with Gasteiger partial charge in [0.15, 0.2) is 17.2 Å². The Labute approximate surface area is 150 Å². The summed E-state index contributed by atoms with van der Waals surface area (Å²) in [5.74, 6) is 2.49. The van der Waals surface area contributed by atoms with Crippen molar-refractivity contribution in [3.05, 3.63) is 35.5 Å². The lowest BCUT2D eigenvalue weighted by Gasteiger charge is -2.30. The zero-order valence-corrected chi connectivity index (χ0v) is 15.1. The van der Waals surface area contributed by atoms with Crippen LogP contribution in [0.25, 0.3) is 5.65 Å². The van der Waals surface area contributed by atoms with Crippen LogP contribution in [0.1, 0.15) is 40.8 Å². The molecule has 0 unspecified atom stereocenters. The predicted molar refractivity (Wildman–Crippen MR) is 94.2 cm³/mol. The standard InChI is InChI=1S/C17H21N7O2/c1-11-10-13(21-26-11)17(25)23-8-6-12(7-9-23)16-19-18-14-4-5-15(22(2)3)20-24(14)16/h4-5,10,12H,6-9H2,1-3H3. The van der Waals surface area contributed by atoms with Crippen molar-refractivity contribution in [2.24, 2.45) is 0 Å². The number of likely N-dealkylation sites (tertiary alicyclic amines) is 1. The first-order valence-electron chi connectivity index (χ1n) is 8.65. The van der Waals surface area contributed by atoms with E-state index in [9.17, 15) is 4.79 Å². The Hall–Kier alpha value is -2.97. The van der Waals surface area contributed by atoms with E-state index < -0.39 is 0 Å². The van der Waals surface area contributed by atoms with Crippen LogP contribution in [0, 0.1) is 6.92 Å². The van der Waals surface area contributed by atoms with E-state index in [2.05, 4.69) is 20.5 Å². The number of amides is 1. The van der Waals surface area contributed by atoms with E-state index in [1.165, 1.54) is 0 Å². The van der Waals surface area contributed by atoms with Crippen molar-refractivity contribution in [3.8, 4) is 0 Å². The van der Waals surface area contributed by atoms with Gasteiger partial charge in [0, 0.05) is 39.2 Å². The summed E-state index contributed by atoms with van der Waals surface area (Å²) in [7, 11) is 3.90. The second-order valence-corrected chi connectivity index (χ2v) is 6.80. The first-order valence-corrected chi connectivity index (χ1v) is 8.65. The number of carbonyl (C=O) groups is 1. The molecule has 0 N–H and O–H groups in total. The summed E-state index contributed by atoms with van der Waals surface area (Å²) in [5, 5.41) is 17.0. The van der Waals surface area contributed by atoms with E-state index in [1.807, 2.05) is 40.5 Å². The highest BCUT2D eigenvalue weighted by molar-refractivity contribution is 5.92. The maximum atomic E-state index is 12.5. The lowest BCUT2D eigenvalue weighted by Crippen LogP contribution is -2.38. The molecule has 0 aliphatic carbocycles. The van der Waals surface area contributed by atoms with Gasteiger partial charge in [-0.15, -0.1) is 15.3 Å². The molecule has 136 valence electrons. The van der Waals surface area contributed by atoms with Gasteiger partial charge in [-0.25, -0.2) is 0 Å². The first-order chi connectivity index (χ1) is 12.5. The average molecular weight is 355 g/mol. The number of anilines is 1. The molecule has 0 spiro atoms. The van der Waals surface area contributed by atoms with Crippen LogP contribution in [-0.2, 0) is 0 Å². The van der Waals surface area contributed by atoms with Crippen molar-refractivity contribution in [2.45, 2.75) is 25.7 Å². The molecule has 0 radical (unpaired) electrons. The molecule has 3 aromatic heterocycles. The van der Waals surface area contributed by atoms with Gasteiger partial charge in [0.25, 0.3) is 5.91 Å². The lowest BCUT2D eigenvalue weighted by molar-refractivity contribution is 0.0700. The Kier molecular flexibility index (Phi) is 4.06. The number of hydrogen-bond acceptors (Lipinski definition) is 7. The van der Waals surface area contributed by atoms with Crippen molar-refractivity contribution >= 4 is 17.4 Å². The van der Waals surface area contributed by atoms with Crippen LogP contribution in [0.4, 0.5) is 5.82 Å². The minimum Gasteiger partial charge on any atom is -0.361 e. The van der Waals surface area contributed by atoms with Crippen LogP contribution < -0.4 is 4.90 Å². The second kappa shape index (κ2) is 6.40. The molecular weight excluding hydrogens is 334 g/mol. The van der Waals surface area contributed by atoms with Gasteiger partial charge in [-0.2, -0.15) is 4.52 Å². The second-order valence-electron chi connectivity index (χ2n) is 6.80. The van der Waals surface area contributed by atoms with Crippen LogP contribution in [0.3, 0.4) is 0 Å². The number of rotatable bonds is 3. The molecule has 1 fully saturated rings. The number of piperidine rings is 1. The first kappa shape index (κ1) is 16.5. The Balaban J connectivity index is 1.50. The molecule has 0 saturated carbocycles. The van der Waals surface area contributed by atoms with Crippen molar-refractivity contribution in [1.82, 2.24) is 29.9 Å². The molecule has 1 aliphatic rings. The number of nitrogens with zero attached hydrogens (tertiary/aromatic N) is 7. The fourth-order valence-electron chi connectivity index (χ4n) is 3.26. The average Bonchev–Trinajstić information content (AvgIpc) is 3.27. The minimum absolute atomic E-state index is 0.0839. The maximum Gasteiger partial charge on any atom is 0.276 e. The van der Waals surface area contributed by atoms with Gasteiger partial charge in [0.1, 0.15) is 11.6 Å². The summed E-state index contributed by atoms with van der Waals surface area (Å²) in [6.07, 6.45) is 1.63. The molecule has 3 aromatic rings. The van der Waals surface area contributed by atoms with Crippen LogP contribution in [0.15, 0.2) is 22.7 Å². The third kappa shape index (κ3) is 2.89. The van der Waals surface area contributed by atoms with Gasteiger partial charge < -0.3 is 14.3 Å². The Morgan fingerprint density at radius 2 is 2.00 bits per heavy atom. The van der Waals surface area contributed by atoms with Crippen LogP contribution in [0.2, 0.25) is 0 Å². The van der Waals surface area contributed by atoms with Gasteiger partial charge in [-0.1, -0.05) is 5.16 Å². The lowest BCUT2D eigenvalue weighted by atomic mass is 9.96. The van der Waals surface area contributed by atoms with E-state index >= 15 is 0 Å². The predicted octanol–water partition coefficient (Wildman–Crippen LogP) is 1.51. The normalized spacial score (nSPS) is 15.6. The summed E-state index contributed by atoms with van der Waals surface area (Å²) < 4.78 is 6.82. The molecule has 0 atom stereocenters. The molecule has 0 bridgehead atoms. The number of hydrogen-bond donors (Lipinski definition) is 0. The minimum atomic E-state index is -0.0839. The van der Waals surface area contributed by atoms with Gasteiger partial charge in [-0.05, 0) is 31.9 Å². The maximum absolute atomic E-state index is 12.5. The smallest absolute Gasteiger partial charge is 0.276 e. The number of aromatic nitrogens is 5. The Bertz CT molecular complexity index is 938. The third-order valence-corrected chi connectivity index (χ3v) is 4.73. The quantitative estimate of drug-likeness (QED) is 0.703. The monoisotopic (exact) mass is 355 g/mol. The zero-order chi connectivity index (χ0) is 18.3. The Morgan fingerprint density at radius 3 is 2.65 bits per heavy atom. The van der Waals surface area contributed by atoms with E-state index in [0.717, 1.165) is 30.1 Å². The number of carbonyl (C=O) groups excluding carboxylic acids is 1. The van der Waals surface area contributed by atoms with Crippen LogP contribution in [0.5, 0.6) is 0 Å². The summed E-state index contributed by atoms with van der Waals surface area (Å²) in [5.41, 5.74) is 1.10. The number of fused-ring (bicyclic) bond motifs is 1. The van der Waals surface area contributed by atoms with Crippen molar-refractivity contribution < 1.29 is 9.32 Å². The SMILES string of the molecule is Cc1cc(C(=O)N2CCC(c3nnc4ccc(N(C)C)nn34)CC2)no1. The van der Waals surface area contributed by atoms with Crippen molar-refractivity contribution in [1.29, 1.82) is 0 Å². The molecular formula is C17H21N7O2. The molecule has 9 nitrogen and oxygen atoms in total. The van der Waals surface area contributed by atoms with Gasteiger partial charge >= 0.3 is 0 Å². The zero-order valence-electron chi connectivity index (χ0n) is 15.1. The number of aryl methyl sites for hydroxylation is 1. The molecule has 1 saturated heterocycles. The van der Waals surface area contributed by atoms with Gasteiger partial charge in [-0.3, -0.25) is 4.79 Å². The van der Waals surface area contributed by atoms with Crippen molar-refractivity contribution in [2.75, 3.05) is 32.1 Å². The summed E-state index contributed by atoms with van der Waals surface area (Å²) in [6.45, 7) is 3.08.